The lowest BCUT2D eigenvalue weighted by molar-refractivity contribution is -0.0644. The molecule has 6 aliphatic heterocycles. The molecule has 10 aromatic heterocycles. The maximum absolute atomic E-state index is 14.5. The first-order valence-corrected chi connectivity index (χ1v) is 46.1. The number of anilines is 5. The van der Waals surface area contributed by atoms with Gasteiger partial charge in [-0.15, -0.1) is 0 Å². The topological polar surface area (TPSA) is 855 Å². The summed E-state index contributed by atoms with van der Waals surface area (Å²) in [5.74, 6) is -1.13. The molecule has 0 radical (unpaired) electrons. The molecule has 10 aromatic rings. The Morgan fingerprint density at radius 3 is 1.06 bits per heavy atom. The van der Waals surface area contributed by atoms with E-state index in [2.05, 4.69) is 69.8 Å². The molecular formula is C59H75N25O36P6. The number of rotatable bonds is 34. The Labute approximate surface area is 698 Å². The fourth-order valence-corrected chi connectivity index (χ4v) is 20.1. The van der Waals surface area contributed by atoms with Crippen molar-refractivity contribution in [3.63, 3.8) is 0 Å². The summed E-state index contributed by atoms with van der Waals surface area (Å²) in [6.07, 6.45) is -21.6. The molecule has 682 valence electrons. The normalized spacial score (nSPS) is 29.0. The van der Waals surface area contributed by atoms with E-state index in [1.54, 1.807) is 0 Å². The lowest BCUT2D eigenvalue weighted by atomic mass is 10.2. The van der Waals surface area contributed by atoms with Crippen molar-refractivity contribution in [2.75, 3.05) is 68.3 Å². The Balaban J connectivity index is 0.611. The summed E-state index contributed by atoms with van der Waals surface area (Å²) >= 11 is 0. The molecule has 16 heterocycles. The second kappa shape index (κ2) is 35.3. The van der Waals surface area contributed by atoms with Crippen molar-refractivity contribution in [2.24, 2.45) is 0 Å². The van der Waals surface area contributed by atoms with Gasteiger partial charge in [-0.25, -0.2) is 76.9 Å². The van der Waals surface area contributed by atoms with E-state index in [0.717, 1.165) is 45.2 Å². The van der Waals surface area contributed by atoms with Gasteiger partial charge in [0.2, 0.25) is 11.9 Å². The highest BCUT2D eigenvalue weighted by Gasteiger charge is 2.52. The van der Waals surface area contributed by atoms with Crippen molar-refractivity contribution >= 4 is 121 Å². The number of nitrogen functional groups attached to an aromatic ring is 5. The van der Waals surface area contributed by atoms with Gasteiger partial charge in [0.25, 0.3) is 16.7 Å². The van der Waals surface area contributed by atoms with Gasteiger partial charge in [-0.2, -0.15) is 15.0 Å². The van der Waals surface area contributed by atoms with Gasteiger partial charge in [-0.1, -0.05) is 0 Å². The number of imidazole rings is 4. The fourth-order valence-electron chi connectivity index (χ4n) is 14.7. The number of aryl methyl sites for hydroxylation is 1. The quantitative estimate of drug-likeness (QED) is 0.0188. The summed E-state index contributed by atoms with van der Waals surface area (Å²) in [5.41, 5.74) is 24.9. The number of phosphoric ester groups is 6. The summed E-state index contributed by atoms with van der Waals surface area (Å²) in [6.45, 7) is -4.73. The van der Waals surface area contributed by atoms with Crippen LogP contribution in [-0.4, -0.2) is 249 Å². The molecule has 0 amide bonds. The van der Waals surface area contributed by atoms with Gasteiger partial charge in [-0.3, -0.25) is 106 Å². The van der Waals surface area contributed by atoms with Crippen LogP contribution in [0.3, 0.4) is 0 Å². The molecule has 61 nitrogen and oxygen atoms in total. The van der Waals surface area contributed by atoms with Crippen LogP contribution in [-0.2, 0) is 106 Å². The highest BCUT2D eigenvalue weighted by atomic mass is 31.2. The molecular weight excluding hydrogens is 1820 g/mol. The van der Waals surface area contributed by atoms with Crippen LogP contribution in [0.4, 0.5) is 29.4 Å². The van der Waals surface area contributed by atoms with Crippen LogP contribution >= 0.6 is 46.9 Å². The standard InChI is InChI=1S/C59H75N25O36P6/c1-23-10-80(59(90)78-53(23)86)38-4-24(30(11-85)109-38)116-122(94,95)105-14-33-27(7-39(112-33)81-19-69-43-47(61)65-17-67-49(43)81)119-125(100,101)106-13-32-26(6-37(110-32)79-3-2-36(60)73-58(79)89)117-124(98,99)108-16-35-29(9-42(114-35)84-22-72-46-52(84)75-57(64)77-55(46)88)120-126(102,103)107-15-34-28(8-40(113-34)82-20-70-44-48(62)66-18-68-50(44)82)118-123(96,97)104-12-31-25(115-121(91,92)93)5-41(111-31)83-21-71-45-51(83)74-56(63)76-54(45)87/h2-3,10,17-22,24-35,37-42,85H,4-9,11-16H2,1H3,(H,94,95)(H,96,97)(H,98,99)(H,100,101)(H,102,103)(H2,60,73,89)(H2,61,65,67)(H2,62,66,68)(H,78,86,90)(H2,91,92,93)(H3,63,74,76,87)(H3,64,75,77,88)/t24-,25-,26-,27-,28-,29-,30+,31+,32+,33+,34+,35+,37+,38+,39+,40+,41+,42+/m0/s1. The van der Waals surface area contributed by atoms with Gasteiger partial charge < -0.3 is 96.4 Å². The second-order valence-corrected chi connectivity index (χ2v) is 37.0. The molecule has 5 unspecified atom stereocenters. The van der Waals surface area contributed by atoms with E-state index in [-0.39, 0.29) is 80.0 Å². The number of H-pyrrole nitrogens is 3. The zero-order valence-corrected chi connectivity index (χ0v) is 69.6. The number of fused-ring (bicyclic) bond motifs is 4. The molecule has 0 aliphatic carbocycles. The Morgan fingerprint density at radius 1 is 0.397 bits per heavy atom. The minimum absolute atomic E-state index is 0.0563. The first kappa shape index (κ1) is 90.1. The molecule has 0 spiro atoms. The predicted molar refractivity (Wildman–Crippen MR) is 412 cm³/mol. The molecule has 0 aromatic carbocycles. The van der Waals surface area contributed by atoms with Crippen LogP contribution in [0.2, 0.25) is 0 Å². The predicted octanol–water partition coefficient (Wildman–Crippen LogP) is -2.33. The molecule has 126 heavy (non-hydrogen) atoms. The Bertz CT molecular complexity index is 6430. The largest absolute Gasteiger partial charge is 0.472 e. The van der Waals surface area contributed by atoms with Gasteiger partial charge in [0, 0.05) is 56.5 Å². The number of nitrogens with two attached hydrogens (primary N) is 5. The monoisotopic (exact) mass is 1900 g/mol. The highest BCUT2D eigenvalue weighted by molar-refractivity contribution is 7.48. The number of phosphoric acid groups is 6. The molecule has 21 N–H and O–H groups in total. The number of nitrogens with zero attached hydrogens (tertiary/aromatic N) is 17. The number of hydrogen-bond donors (Lipinski definition) is 16. The second-order valence-electron chi connectivity index (χ2n) is 28.8. The zero-order valence-electron chi connectivity index (χ0n) is 64.3. The highest BCUT2D eigenvalue weighted by Crippen LogP contribution is 2.57. The Kier molecular flexibility index (Phi) is 25.2. The van der Waals surface area contributed by atoms with Gasteiger partial charge in [0.15, 0.2) is 45.3 Å². The number of aliphatic hydroxyl groups is 1. The number of ether oxygens (including phenoxy) is 6. The fraction of sp³-hybridized carbons (Fsp3) is 0.525. The van der Waals surface area contributed by atoms with Crippen LogP contribution in [0.25, 0.3) is 44.7 Å². The zero-order chi connectivity index (χ0) is 89.6. The third-order valence-electron chi connectivity index (χ3n) is 20.4. The lowest BCUT2D eigenvalue weighted by Crippen LogP contribution is -2.33. The average molecular weight is 1900 g/mol. The summed E-state index contributed by atoms with van der Waals surface area (Å²) in [4.78, 5) is 192. The van der Waals surface area contributed by atoms with Crippen molar-refractivity contribution in [1.29, 1.82) is 0 Å². The van der Waals surface area contributed by atoms with Crippen molar-refractivity contribution < 1.29 is 145 Å². The third-order valence-corrected chi connectivity index (χ3v) is 26.0. The Morgan fingerprint density at radius 2 is 0.714 bits per heavy atom. The minimum Gasteiger partial charge on any atom is -0.394 e. The molecule has 67 heteroatoms. The minimum atomic E-state index is -5.67. The van der Waals surface area contributed by atoms with Gasteiger partial charge >= 0.3 is 58.3 Å². The van der Waals surface area contributed by atoms with Crippen LogP contribution in [0.5, 0.6) is 0 Å². The maximum atomic E-state index is 14.5. The number of hydrogen-bond acceptors (Lipinski definition) is 45. The first-order chi connectivity index (χ1) is 59.6. The summed E-state index contributed by atoms with van der Waals surface area (Å²) in [6, 6.07) is 1.18. The smallest absolute Gasteiger partial charge is 0.394 e. The van der Waals surface area contributed by atoms with Crippen LogP contribution in [0.15, 0.2) is 80.4 Å². The molecule has 16 rings (SSSR count). The van der Waals surface area contributed by atoms with Crippen molar-refractivity contribution in [1.82, 2.24) is 97.2 Å². The number of aliphatic hydroxyl groups excluding tert-OH is 1. The van der Waals surface area contributed by atoms with E-state index in [0.29, 0.717) is 0 Å². The average Bonchev–Trinajstić information content (AvgIpc) is 1.64. The molecule has 0 bridgehead atoms. The van der Waals surface area contributed by atoms with Crippen molar-refractivity contribution in [3.8, 4) is 0 Å². The van der Waals surface area contributed by atoms with E-state index in [1.165, 1.54) is 45.5 Å². The lowest BCUT2D eigenvalue weighted by Gasteiger charge is -2.26. The first-order valence-electron chi connectivity index (χ1n) is 37.1. The SMILES string of the molecule is Cc1cn([C@H]2C[C@H](OP(=O)(O)OC[C@H]3O[C@@H](n4cnc5c(N)ncnc54)C[C@@H]3OP(=O)(O)OC[C@H]3O[C@@H](n4ccc(N)nc4=O)C[C@@H]3OP(=O)(O)OC[C@H]3O[C@@H](n4cnc5c(=O)[nH]c(N)nc54)C[C@@H]3OP(=O)(O)OC[C@H]3O[C@@H](n4cnc5c(N)ncnc54)C[C@@H]3OP(=O)(O)OC[C@H]3O[C@@H](n4cnc5c(=O)[nH]c(N)nc54)C[C@@H]3OP(=O)(O)O)[C@@H](CO)O2)c(=O)[nH]c1=O. The molecule has 23 atom stereocenters. The third kappa shape index (κ3) is 19.8. The van der Waals surface area contributed by atoms with Crippen LogP contribution in [0, 0.1) is 6.92 Å². The summed E-state index contributed by atoms with van der Waals surface area (Å²) in [5, 5.41) is 10.2. The molecule has 6 fully saturated rings. The van der Waals surface area contributed by atoms with Crippen LogP contribution < -0.4 is 56.7 Å². The Hall–Kier alpha value is -9.26. The van der Waals surface area contributed by atoms with E-state index >= 15 is 0 Å². The maximum Gasteiger partial charge on any atom is 0.472 e. The molecule has 6 saturated heterocycles. The van der Waals surface area contributed by atoms with Crippen LogP contribution in [0.1, 0.15) is 81.5 Å². The number of aromatic nitrogens is 20. The van der Waals surface area contributed by atoms with E-state index in [1.807, 2.05) is 0 Å². The van der Waals surface area contributed by atoms with Crippen molar-refractivity contribution in [3.05, 3.63) is 114 Å². The van der Waals surface area contributed by atoms with E-state index in [9.17, 15) is 90.7 Å². The number of nitrogens with one attached hydrogen (secondary N) is 3. The van der Waals surface area contributed by atoms with Gasteiger partial charge in [-0.05, 0) is 13.0 Å². The van der Waals surface area contributed by atoms with E-state index in [4.69, 9.17) is 107 Å². The summed E-state index contributed by atoms with van der Waals surface area (Å²) < 4.78 is 187. The van der Waals surface area contributed by atoms with Gasteiger partial charge in [0.1, 0.15) is 140 Å². The van der Waals surface area contributed by atoms with E-state index < -0.39 is 263 Å². The van der Waals surface area contributed by atoms with Crippen molar-refractivity contribution in [2.45, 2.75) is 156 Å². The summed E-state index contributed by atoms with van der Waals surface area (Å²) in [7, 11) is -33.0. The number of aromatic amines is 3. The molecule has 6 aliphatic rings. The van der Waals surface area contributed by atoms with Gasteiger partial charge in [0.05, 0.1) is 65.0 Å². The molecule has 0 saturated carbocycles.